The fourth-order valence-corrected chi connectivity index (χ4v) is 2.94. The Morgan fingerprint density at radius 3 is 3.09 bits per heavy atom. The van der Waals surface area contributed by atoms with Gasteiger partial charge in [0.25, 0.3) is 0 Å². The molecular formula is C18H20ClN3O. The Bertz CT molecular complexity index is 748. The van der Waals surface area contributed by atoms with Gasteiger partial charge in [0, 0.05) is 49.4 Å². The lowest BCUT2D eigenvalue weighted by Gasteiger charge is -2.24. The van der Waals surface area contributed by atoms with Crippen molar-refractivity contribution in [3.8, 4) is 11.5 Å². The summed E-state index contributed by atoms with van der Waals surface area (Å²) in [4.78, 5) is 11.3. The number of benzene rings is 1. The molecule has 2 aromatic rings. The van der Waals surface area contributed by atoms with Crippen molar-refractivity contribution in [2.75, 3.05) is 20.1 Å². The van der Waals surface area contributed by atoms with Crippen LogP contribution in [0, 0.1) is 0 Å². The second-order valence-corrected chi connectivity index (χ2v) is 6.01. The molecule has 2 heterocycles. The number of fused-ring (bicyclic) bond motifs is 1. The summed E-state index contributed by atoms with van der Waals surface area (Å²) in [5.41, 5.74) is 3.01. The summed E-state index contributed by atoms with van der Waals surface area (Å²) in [7, 11) is 1.83. The van der Waals surface area contributed by atoms with Crippen molar-refractivity contribution in [2.45, 2.75) is 19.9 Å². The van der Waals surface area contributed by atoms with Crippen molar-refractivity contribution >= 4 is 17.3 Å². The zero-order chi connectivity index (χ0) is 16.2. The molecule has 0 unspecified atom stereocenters. The predicted molar refractivity (Wildman–Crippen MR) is 94.1 cm³/mol. The van der Waals surface area contributed by atoms with Gasteiger partial charge in [0.15, 0.2) is 0 Å². The van der Waals surface area contributed by atoms with Gasteiger partial charge in [-0.05, 0) is 31.2 Å². The normalized spacial score (nSPS) is 16.0. The van der Waals surface area contributed by atoms with Gasteiger partial charge in [-0.2, -0.15) is 0 Å². The van der Waals surface area contributed by atoms with E-state index in [1.165, 1.54) is 0 Å². The van der Waals surface area contributed by atoms with Crippen LogP contribution in [-0.4, -0.2) is 35.7 Å². The number of nitrogens with zero attached hydrogens (tertiary/aromatic N) is 3. The number of allylic oxidation sites excluding steroid dienone is 1. The van der Waals surface area contributed by atoms with Crippen molar-refractivity contribution in [3.05, 3.63) is 52.9 Å². The average molecular weight is 330 g/mol. The quantitative estimate of drug-likeness (QED) is 0.796. The molecule has 23 heavy (non-hydrogen) atoms. The Morgan fingerprint density at radius 2 is 2.35 bits per heavy atom. The highest BCUT2D eigenvalue weighted by Crippen LogP contribution is 2.27. The molecule has 0 radical (unpaired) electrons. The van der Waals surface area contributed by atoms with Crippen molar-refractivity contribution < 1.29 is 4.42 Å². The van der Waals surface area contributed by atoms with Crippen LogP contribution in [0.1, 0.15) is 18.4 Å². The van der Waals surface area contributed by atoms with E-state index in [4.69, 9.17) is 16.0 Å². The van der Waals surface area contributed by atoms with E-state index in [0.717, 1.165) is 48.8 Å². The molecule has 0 saturated carbocycles. The number of rotatable bonds is 4. The number of aromatic nitrogens is 1. The van der Waals surface area contributed by atoms with Crippen LogP contribution in [0.5, 0.6) is 0 Å². The van der Waals surface area contributed by atoms with E-state index in [9.17, 15) is 0 Å². The van der Waals surface area contributed by atoms with Gasteiger partial charge >= 0.3 is 0 Å². The second kappa shape index (κ2) is 7.11. The first kappa shape index (κ1) is 16.0. The average Bonchev–Trinajstić information content (AvgIpc) is 2.97. The van der Waals surface area contributed by atoms with Crippen LogP contribution in [-0.2, 0) is 13.0 Å². The van der Waals surface area contributed by atoms with Crippen molar-refractivity contribution in [3.63, 3.8) is 0 Å². The molecule has 1 aliphatic heterocycles. The standard InChI is InChI=1S/C18H20ClN3O/c1-3-5-15(20-2)11-22-9-8-17-16(12-22)21-18(23-17)13-6-4-7-14(19)10-13/h3-7,10H,8-9,11-12H2,1-2H3/b5-3-,20-15?. The monoisotopic (exact) mass is 329 g/mol. The van der Waals surface area contributed by atoms with Crippen molar-refractivity contribution in [2.24, 2.45) is 4.99 Å². The number of halogens is 1. The molecule has 4 nitrogen and oxygen atoms in total. The number of oxazole rings is 1. The summed E-state index contributed by atoms with van der Waals surface area (Å²) in [5.74, 6) is 1.63. The first-order valence-electron chi connectivity index (χ1n) is 7.75. The minimum atomic E-state index is 0.650. The van der Waals surface area contributed by atoms with Crippen molar-refractivity contribution in [1.29, 1.82) is 0 Å². The third kappa shape index (κ3) is 3.71. The van der Waals surface area contributed by atoms with E-state index in [0.29, 0.717) is 10.9 Å². The third-order valence-corrected chi connectivity index (χ3v) is 4.15. The summed E-state index contributed by atoms with van der Waals surface area (Å²) in [6.07, 6.45) is 4.94. The van der Waals surface area contributed by atoms with Crippen LogP contribution < -0.4 is 0 Å². The molecular weight excluding hydrogens is 310 g/mol. The molecule has 0 atom stereocenters. The molecule has 0 spiro atoms. The fourth-order valence-electron chi connectivity index (χ4n) is 2.75. The highest BCUT2D eigenvalue weighted by atomic mass is 35.5. The lowest BCUT2D eigenvalue weighted by atomic mass is 10.1. The maximum atomic E-state index is 6.05. The molecule has 0 aliphatic carbocycles. The zero-order valence-electron chi connectivity index (χ0n) is 13.4. The molecule has 3 rings (SSSR count). The minimum Gasteiger partial charge on any atom is -0.441 e. The van der Waals surface area contributed by atoms with Gasteiger partial charge < -0.3 is 4.42 Å². The van der Waals surface area contributed by atoms with Crippen LogP contribution in [0.4, 0.5) is 0 Å². The molecule has 1 aromatic heterocycles. The molecule has 0 saturated heterocycles. The zero-order valence-corrected chi connectivity index (χ0v) is 14.2. The van der Waals surface area contributed by atoms with Crippen LogP contribution >= 0.6 is 11.6 Å². The van der Waals surface area contributed by atoms with E-state index in [1.54, 1.807) is 0 Å². The topological polar surface area (TPSA) is 41.6 Å². The first-order valence-corrected chi connectivity index (χ1v) is 8.12. The predicted octanol–water partition coefficient (Wildman–Crippen LogP) is 4.00. The lowest BCUT2D eigenvalue weighted by molar-refractivity contribution is 0.273. The molecule has 5 heteroatoms. The maximum Gasteiger partial charge on any atom is 0.226 e. The fraction of sp³-hybridized carbons (Fsp3) is 0.333. The Balaban J connectivity index is 1.77. The van der Waals surface area contributed by atoms with Crippen LogP contribution in [0.25, 0.3) is 11.5 Å². The van der Waals surface area contributed by atoms with E-state index < -0.39 is 0 Å². The number of hydrogen-bond donors (Lipinski definition) is 0. The molecule has 1 aliphatic rings. The van der Waals surface area contributed by atoms with Crippen LogP contribution in [0.3, 0.4) is 0 Å². The largest absolute Gasteiger partial charge is 0.441 e. The van der Waals surface area contributed by atoms with Gasteiger partial charge in [-0.25, -0.2) is 4.98 Å². The number of hydrogen-bond acceptors (Lipinski definition) is 4. The van der Waals surface area contributed by atoms with Gasteiger partial charge in [0.2, 0.25) is 5.89 Å². The maximum absolute atomic E-state index is 6.05. The smallest absolute Gasteiger partial charge is 0.226 e. The van der Waals surface area contributed by atoms with Gasteiger partial charge in [-0.3, -0.25) is 9.89 Å². The lowest BCUT2D eigenvalue weighted by Crippen LogP contribution is -2.34. The highest BCUT2D eigenvalue weighted by molar-refractivity contribution is 6.30. The summed E-state index contributed by atoms with van der Waals surface area (Å²) in [6, 6.07) is 7.61. The van der Waals surface area contributed by atoms with E-state index in [2.05, 4.69) is 21.0 Å². The summed E-state index contributed by atoms with van der Waals surface area (Å²) in [6.45, 7) is 4.58. The molecule has 0 amide bonds. The third-order valence-electron chi connectivity index (χ3n) is 3.91. The SMILES string of the molecule is C/C=C\C(CN1CCc2oc(-c3cccc(Cl)c3)nc2C1)=NC. The van der Waals surface area contributed by atoms with Gasteiger partial charge in [-0.15, -0.1) is 0 Å². The Labute approximate surface area is 141 Å². The Hall–Kier alpha value is -1.91. The van der Waals surface area contributed by atoms with Gasteiger partial charge in [0.1, 0.15) is 5.76 Å². The summed E-state index contributed by atoms with van der Waals surface area (Å²) >= 11 is 6.05. The van der Waals surface area contributed by atoms with Gasteiger partial charge in [-0.1, -0.05) is 23.7 Å². The van der Waals surface area contributed by atoms with Crippen LogP contribution in [0.2, 0.25) is 5.02 Å². The van der Waals surface area contributed by atoms with Crippen molar-refractivity contribution in [1.82, 2.24) is 9.88 Å². The molecule has 120 valence electrons. The van der Waals surface area contributed by atoms with E-state index in [-0.39, 0.29) is 0 Å². The summed E-state index contributed by atoms with van der Waals surface area (Å²) < 4.78 is 5.93. The molecule has 0 fully saturated rings. The second-order valence-electron chi connectivity index (χ2n) is 5.57. The van der Waals surface area contributed by atoms with E-state index in [1.807, 2.05) is 44.3 Å². The number of aliphatic imine (C=N–C) groups is 1. The summed E-state index contributed by atoms with van der Waals surface area (Å²) in [5, 5.41) is 0.690. The Kier molecular flexibility index (Phi) is 4.94. The molecule has 0 bridgehead atoms. The van der Waals surface area contributed by atoms with Crippen LogP contribution in [0.15, 0.2) is 45.8 Å². The molecule has 0 N–H and O–H groups in total. The Morgan fingerprint density at radius 1 is 1.48 bits per heavy atom. The minimum absolute atomic E-state index is 0.650. The first-order chi connectivity index (χ1) is 11.2. The molecule has 1 aromatic carbocycles. The van der Waals surface area contributed by atoms with E-state index >= 15 is 0 Å². The highest BCUT2D eigenvalue weighted by Gasteiger charge is 2.23. The van der Waals surface area contributed by atoms with Gasteiger partial charge in [0.05, 0.1) is 5.69 Å².